The number of anilines is 1. The van der Waals surface area contributed by atoms with Crippen LogP contribution in [0, 0.1) is 0 Å². The molecule has 7 heteroatoms. The summed E-state index contributed by atoms with van der Waals surface area (Å²) in [5.74, 6) is 0.0189. The molecule has 0 unspecified atom stereocenters. The first-order chi connectivity index (χ1) is 10.8. The summed E-state index contributed by atoms with van der Waals surface area (Å²) in [5, 5.41) is 16.0. The molecule has 112 valence electrons. The van der Waals surface area contributed by atoms with E-state index in [1.807, 2.05) is 30.3 Å². The molecular formula is C15H15N5OS. The van der Waals surface area contributed by atoms with Crippen LogP contribution in [0.4, 0.5) is 5.69 Å². The van der Waals surface area contributed by atoms with Crippen molar-refractivity contribution in [3.8, 4) is 5.69 Å². The Kier molecular flexibility index (Phi) is 4.55. The fourth-order valence-corrected chi connectivity index (χ4v) is 2.86. The maximum absolute atomic E-state index is 12.0. The molecule has 2 aromatic heterocycles. The van der Waals surface area contributed by atoms with Crippen molar-refractivity contribution < 1.29 is 4.79 Å². The molecule has 0 spiro atoms. The van der Waals surface area contributed by atoms with E-state index in [2.05, 4.69) is 32.3 Å². The second-order valence-electron chi connectivity index (χ2n) is 4.79. The van der Waals surface area contributed by atoms with Gasteiger partial charge >= 0.3 is 0 Å². The topological polar surface area (TPSA) is 72.7 Å². The number of carbonyl (C=O) groups excluding carboxylic acids is 1. The molecule has 0 aliphatic rings. The summed E-state index contributed by atoms with van der Waals surface area (Å²) in [6.45, 7) is 0. The van der Waals surface area contributed by atoms with Crippen LogP contribution in [0.25, 0.3) is 5.69 Å². The summed E-state index contributed by atoms with van der Waals surface area (Å²) in [6, 6.07) is 11.6. The molecule has 3 rings (SSSR count). The predicted octanol–water partition coefficient (Wildman–Crippen LogP) is 2.69. The second-order valence-corrected chi connectivity index (χ2v) is 5.82. The number of hydrogen-bond acceptors (Lipinski definition) is 5. The van der Waals surface area contributed by atoms with E-state index < -0.39 is 0 Å². The van der Waals surface area contributed by atoms with Crippen molar-refractivity contribution >= 4 is 22.9 Å². The molecule has 0 atom stereocenters. The van der Waals surface area contributed by atoms with Gasteiger partial charge in [0.2, 0.25) is 5.91 Å². The minimum absolute atomic E-state index is 0.0189. The zero-order chi connectivity index (χ0) is 15.2. The Balaban J connectivity index is 1.54. The van der Waals surface area contributed by atoms with E-state index in [1.54, 1.807) is 16.0 Å². The molecule has 1 aromatic carbocycles. The number of carbonyl (C=O) groups is 1. The van der Waals surface area contributed by atoms with Crippen LogP contribution in [0.15, 0.2) is 48.1 Å². The first kappa shape index (κ1) is 14.4. The Hall–Kier alpha value is -2.54. The maximum Gasteiger partial charge on any atom is 0.224 e. The highest BCUT2D eigenvalue weighted by Crippen LogP contribution is 2.15. The molecule has 0 bridgehead atoms. The van der Waals surface area contributed by atoms with Crippen LogP contribution in [0.3, 0.4) is 0 Å². The third-order valence-corrected chi connectivity index (χ3v) is 4.09. The summed E-state index contributed by atoms with van der Waals surface area (Å²) in [4.78, 5) is 13.3. The minimum Gasteiger partial charge on any atom is -0.326 e. The number of thiophene rings is 1. The molecule has 6 nitrogen and oxygen atoms in total. The highest BCUT2D eigenvalue weighted by Gasteiger charge is 2.05. The highest BCUT2D eigenvalue weighted by atomic mass is 32.1. The number of tetrazole rings is 1. The first-order valence-corrected chi connectivity index (χ1v) is 7.85. The van der Waals surface area contributed by atoms with Crippen molar-refractivity contribution in [2.45, 2.75) is 19.3 Å². The maximum atomic E-state index is 12.0. The largest absolute Gasteiger partial charge is 0.326 e. The van der Waals surface area contributed by atoms with Crippen molar-refractivity contribution in [1.29, 1.82) is 0 Å². The van der Waals surface area contributed by atoms with Gasteiger partial charge in [-0.2, -0.15) is 0 Å². The zero-order valence-electron chi connectivity index (χ0n) is 11.8. The van der Waals surface area contributed by atoms with E-state index in [0.717, 1.165) is 24.2 Å². The number of rotatable bonds is 6. The van der Waals surface area contributed by atoms with Gasteiger partial charge in [-0.25, -0.2) is 4.68 Å². The number of nitrogens with one attached hydrogen (secondary N) is 1. The van der Waals surface area contributed by atoms with Gasteiger partial charge in [0.1, 0.15) is 6.33 Å². The van der Waals surface area contributed by atoms with Crippen LogP contribution in [0.1, 0.15) is 17.7 Å². The molecule has 0 saturated heterocycles. The van der Waals surface area contributed by atoms with E-state index in [4.69, 9.17) is 0 Å². The van der Waals surface area contributed by atoms with Crippen molar-refractivity contribution in [3.63, 3.8) is 0 Å². The SMILES string of the molecule is O=C(CCCc1cccs1)Nc1cccc(-n2cnnn2)c1. The van der Waals surface area contributed by atoms with Crippen LogP contribution < -0.4 is 5.32 Å². The van der Waals surface area contributed by atoms with Gasteiger partial charge in [0.05, 0.1) is 5.69 Å². The number of aromatic nitrogens is 4. The first-order valence-electron chi connectivity index (χ1n) is 6.97. The summed E-state index contributed by atoms with van der Waals surface area (Å²) in [6.07, 6.45) is 3.81. The van der Waals surface area contributed by atoms with Crippen molar-refractivity contribution in [3.05, 3.63) is 53.0 Å². The number of aryl methyl sites for hydroxylation is 1. The lowest BCUT2D eigenvalue weighted by Crippen LogP contribution is -2.11. The normalized spacial score (nSPS) is 10.5. The molecule has 2 heterocycles. The monoisotopic (exact) mass is 313 g/mol. The third-order valence-electron chi connectivity index (χ3n) is 3.15. The molecule has 0 aliphatic heterocycles. The quantitative estimate of drug-likeness (QED) is 0.759. The van der Waals surface area contributed by atoms with Crippen LogP contribution in [-0.4, -0.2) is 26.1 Å². The van der Waals surface area contributed by atoms with Crippen molar-refractivity contribution in [1.82, 2.24) is 20.2 Å². The van der Waals surface area contributed by atoms with Gasteiger partial charge in [-0.1, -0.05) is 12.1 Å². The highest BCUT2D eigenvalue weighted by molar-refractivity contribution is 7.09. The average molecular weight is 313 g/mol. The van der Waals surface area contributed by atoms with Crippen LogP contribution in [0.5, 0.6) is 0 Å². The molecule has 0 fully saturated rings. The summed E-state index contributed by atoms with van der Waals surface area (Å²) in [5.41, 5.74) is 1.55. The lowest BCUT2D eigenvalue weighted by atomic mass is 10.2. The van der Waals surface area contributed by atoms with Gasteiger partial charge in [-0.05, 0) is 52.9 Å². The summed E-state index contributed by atoms with van der Waals surface area (Å²) < 4.78 is 1.55. The number of nitrogens with zero attached hydrogens (tertiary/aromatic N) is 4. The fraction of sp³-hybridized carbons (Fsp3) is 0.200. The number of amides is 1. The van der Waals surface area contributed by atoms with Crippen LogP contribution in [0.2, 0.25) is 0 Å². The van der Waals surface area contributed by atoms with Gasteiger partial charge in [-0.3, -0.25) is 4.79 Å². The molecule has 1 amide bonds. The second kappa shape index (κ2) is 6.95. The standard InChI is InChI=1S/C15H15N5OS/c21-15(8-2-6-14-7-3-9-22-14)17-12-4-1-5-13(10-12)20-11-16-18-19-20/h1,3-5,7,9-11H,2,6,8H2,(H,17,21). The smallest absolute Gasteiger partial charge is 0.224 e. The molecule has 0 saturated carbocycles. The Morgan fingerprint density at radius 1 is 1.27 bits per heavy atom. The summed E-state index contributed by atoms with van der Waals surface area (Å²) in [7, 11) is 0. The van der Waals surface area contributed by atoms with Crippen LogP contribution >= 0.6 is 11.3 Å². The Morgan fingerprint density at radius 3 is 3.00 bits per heavy atom. The Morgan fingerprint density at radius 2 is 2.23 bits per heavy atom. The fourth-order valence-electron chi connectivity index (χ4n) is 2.11. The molecule has 1 N–H and O–H groups in total. The lowest BCUT2D eigenvalue weighted by Gasteiger charge is -2.07. The molecule has 0 aliphatic carbocycles. The number of benzene rings is 1. The summed E-state index contributed by atoms with van der Waals surface area (Å²) >= 11 is 1.73. The molecule has 0 radical (unpaired) electrons. The minimum atomic E-state index is 0.0189. The van der Waals surface area contributed by atoms with Crippen molar-refractivity contribution in [2.75, 3.05) is 5.32 Å². The van der Waals surface area contributed by atoms with E-state index in [0.29, 0.717) is 6.42 Å². The van der Waals surface area contributed by atoms with Gasteiger partial charge in [0.15, 0.2) is 0 Å². The Labute approximate surface area is 131 Å². The molecular weight excluding hydrogens is 298 g/mol. The Bertz CT molecular complexity index is 724. The van der Waals surface area contributed by atoms with Crippen LogP contribution in [-0.2, 0) is 11.2 Å². The average Bonchev–Trinajstić information content (AvgIpc) is 3.21. The van der Waals surface area contributed by atoms with Gasteiger partial charge in [-0.15, -0.1) is 16.4 Å². The van der Waals surface area contributed by atoms with E-state index in [9.17, 15) is 4.79 Å². The zero-order valence-corrected chi connectivity index (χ0v) is 12.7. The predicted molar refractivity (Wildman–Crippen MR) is 85.0 cm³/mol. The molecule has 22 heavy (non-hydrogen) atoms. The van der Waals surface area contributed by atoms with E-state index in [1.165, 1.54) is 11.2 Å². The van der Waals surface area contributed by atoms with Gasteiger partial charge in [0.25, 0.3) is 0 Å². The third kappa shape index (κ3) is 3.76. The van der Waals surface area contributed by atoms with Gasteiger partial charge in [0, 0.05) is 17.0 Å². The van der Waals surface area contributed by atoms with Crippen molar-refractivity contribution in [2.24, 2.45) is 0 Å². The lowest BCUT2D eigenvalue weighted by molar-refractivity contribution is -0.116. The van der Waals surface area contributed by atoms with E-state index >= 15 is 0 Å². The number of hydrogen-bond donors (Lipinski definition) is 1. The molecule has 3 aromatic rings. The van der Waals surface area contributed by atoms with Gasteiger partial charge < -0.3 is 5.32 Å². The van der Waals surface area contributed by atoms with E-state index in [-0.39, 0.29) is 5.91 Å².